The number of para-hydroxylation sites is 1. The van der Waals surface area contributed by atoms with Gasteiger partial charge in [-0.3, -0.25) is 9.59 Å². The van der Waals surface area contributed by atoms with Crippen LogP contribution in [-0.4, -0.2) is 23.4 Å². The summed E-state index contributed by atoms with van der Waals surface area (Å²) in [6.07, 6.45) is 1.81. The maximum absolute atomic E-state index is 12.6. The number of ether oxygens (including phenoxy) is 1. The van der Waals surface area contributed by atoms with Crippen molar-refractivity contribution in [2.75, 3.05) is 11.9 Å². The molecule has 6 heteroatoms. The number of rotatable bonds is 5. The number of carbonyl (C=O) groups excluding carboxylic acids is 2. The van der Waals surface area contributed by atoms with E-state index in [0.29, 0.717) is 17.9 Å². The van der Waals surface area contributed by atoms with Crippen LogP contribution >= 0.6 is 0 Å². The largest absolute Gasteiger partial charge is 0.492 e. The van der Waals surface area contributed by atoms with Gasteiger partial charge in [0.1, 0.15) is 5.75 Å². The average molecular weight is 323 g/mol. The Kier molecular flexibility index (Phi) is 4.20. The van der Waals surface area contributed by atoms with Gasteiger partial charge in [-0.05, 0) is 43.3 Å². The zero-order chi connectivity index (χ0) is 17.1. The molecule has 0 spiro atoms. The van der Waals surface area contributed by atoms with Crippen molar-refractivity contribution >= 4 is 28.4 Å². The number of hydrogen-bond acceptors (Lipinski definition) is 3. The van der Waals surface area contributed by atoms with Crippen LogP contribution < -0.4 is 15.8 Å². The van der Waals surface area contributed by atoms with Crippen molar-refractivity contribution in [3.05, 3.63) is 59.8 Å². The van der Waals surface area contributed by atoms with E-state index in [4.69, 9.17) is 10.5 Å². The molecule has 0 unspecified atom stereocenters. The monoisotopic (exact) mass is 323 g/mol. The molecule has 2 aromatic carbocycles. The first-order valence-corrected chi connectivity index (χ1v) is 7.54. The van der Waals surface area contributed by atoms with Gasteiger partial charge in [-0.15, -0.1) is 0 Å². The van der Waals surface area contributed by atoms with Crippen LogP contribution in [0.5, 0.6) is 5.75 Å². The average Bonchev–Trinajstić information content (AvgIpc) is 3.03. The zero-order valence-electron chi connectivity index (χ0n) is 13.1. The number of aromatic amines is 1. The fraction of sp³-hybridized carbons (Fsp3) is 0.111. The summed E-state index contributed by atoms with van der Waals surface area (Å²) in [5, 5.41) is 3.67. The Morgan fingerprint density at radius 2 is 2.04 bits per heavy atom. The number of aromatic nitrogens is 1. The number of benzene rings is 2. The third-order valence-corrected chi connectivity index (χ3v) is 3.65. The normalized spacial score (nSPS) is 10.5. The molecule has 0 aliphatic heterocycles. The molecule has 122 valence electrons. The number of hydrogen-bond donors (Lipinski definition) is 3. The lowest BCUT2D eigenvalue weighted by atomic mass is 10.1. The van der Waals surface area contributed by atoms with Crippen molar-refractivity contribution in [1.29, 1.82) is 0 Å². The van der Waals surface area contributed by atoms with E-state index >= 15 is 0 Å². The number of fused-ring (bicyclic) bond motifs is 1. The number of H-pyrrole nitrogens is 1. The number of amides is 2. The maximum atomic E-state index is 12.6. The Hall–Kier alpha value is -3.28. The van der Waals surface area contributed by atoms with E-state index in [1.165, 1.54) is 0 Å². The van der Waals surface area contributed by atoms with Crippen LogP contribution in [0.1, 0.15) is 27.6 Å². The van der Waals surface area contributed by atoms with Crippen LogP contribution in [0, 0.1) is 0 Å². The summed E-state index contributed by atoms with van der Waals surface area (Å²) in [5.74, 6) is -0.564. The minimum Gasteiger partial charge on any atom is -0.492 e. The Morgan fingerprint density at radius 1 is 1.21 bits per heavy atom. The summed E-state index contributed by atoms with van der Waals surface area (Å²) in [5.41, 5.74) is 7.31. The first-order chi connectivity index (χ1) is 11.6. The van der Waals surface area contributed by atoms with Crippen molar-refractivity contribution < 1.29 is 14.3 Å². The van der Waals surface area contributed by atoms with Gasteiger partial charge in [-0.1, -0.05) is 6.07 Å². The minimum absolute atomic E-state index is 0.206. The lowest BCUT2D eigenvalue weighted by Gasteiger charge is -2.14. The molecule has 3 aromatic rings. The van der Waals surface area contributed by atoms with Gasteiger partial charge in [0.2, 0.25) is 0 Å². The van der Waals surface area contributed by atoms with E-state index < -0.39 is 5.91 Å². The molecule has 4 N–H and O–H groups in total. The van der Waals surface area contributed by atoms with Gasteiger partial charge in [0, 0.05) is 22.7 Å². The molecule has 0 saturated heterocycles. The lowest BCUT2D eigenvalue weighted by molar-refractivity contribution is 0.100. The molecule has 0 aliphatic rings. The molecule has 0 atom stereocenters. The number of carbonyl (C=O) groups is 2. The predicted octanol–water partition coefficient (Wildman–Crippen LogP) is 2.92. The van der Waals surface area contributed by atoms with Crippen molar-refractivity contribution in [3.8, 4) is 5.75 Å². The molecular formula is C18H17N3O3. The van der Waals surface area contributed by atoms with Gasteiger partial charge >= 0.3 is 0 Å². The minimum atomic E-state index is -0.632. The Balaban J connectivity index is 1.96. The molecule has 3 rings (SSSR count). The van der Waals surface area contributed by atoms with Gasteiger partial charge in [-0.25, -0.2) is 0 Å². The second-order valence-electron chi connectivity index (χ2n) is 5.21. The van der Waals surface area contributed by atoms with E-state index in [1.807, 2.05) is 25.3 Å². The molecule has 0 bridgehead atoms. The smallest absolute Gasteiger partial charge is 0.255 e. The third kappa shape index (κ3) is 2.94. The first-order valence-electron chi connectivity index (χ1n) is 7.54. The molecular weight excluding hydrogens is 306 g/mol. The van der Waals surface area contributed by atoms with E-state index in [-0.39, 0.29) is 17.2 Å². The van der Waals surface area contributed by atoms with Gasteiger partial charge in [0.15, 0.2) is 0 Å². The summed E-state index contributed by atoms with van der Waals surface area (Å²) < 4.78 is 5.49. The Labute approximate surface area is 138 Å². The molecule has 1 aromatic heterocycles. The fourth-order valence-electron chi connectivity index (χ4n) is 2.52. The molecule has 0 saturated carbocycles. The molecule has 0 fully saturated rings. The number of nitrogens with one attached hydrogen (secondary N) is 2. The molecule has 24 heavy (non-hydrogen) atoms. The highest BCUT2D eigenvalue weighted by Gasteiger charge is 2.17. The van der Waals surface area contributed by atoms with Gasteiger partial charge in [0.05, 0.1) is 17.9 Å². The maximum Gasteiger partial charge on any atom is 0.255 e. The topological polar surface area (TPSA) is 97.2 Å². The van der Waals surface area contributed by atoms with E-state index in [2.05, 4.69) is 10.3 Å². The van der Waals surface area contributed by atoms with Crippen LogP contribution in [0.3, 0.4) is 0 Å². The summed E-state index contributed by atoms with van der Waals surface area (Å²) in [4.78, 5) is 27.3. The van der Waals surface area contributed by atoms with Crippen LogP contribution in [0.15, 0.2) is 48.7 Å². The van der Waals surface area contributed by atoms with Crippen LogP contribution in [0.25, 0.3) is 10.9 Å². The SMILES string of the molecule is CCOc1cccc(C(N)=O)c1NC(=O)c1ccc2[nH]ccc2c1. The highest BCUT2D eigenvalue weighted by atomic mass is 16.5. The second-order valence-corrected chi connectivity index (χ2v) is 5.21. The number of anilines is 1. The zero-order valence-corrected chi connectivity index (χ0v) is 13.1. The lowest BCUT2D eigenvalue weighted by Crippen LogP contribution is -2.19. The van der Waals surface area contributed by atoms with Gasteiger partial charge < -0.3 is 20.8 Å². The van der Waals surface area contributed by atoms with Gasteiger partial charge in [0.25, 0.3) is 11.8 Å². The second kappa shape index (κ2) is 6.45. The third-order valence-electron chi connectivity index (χ3n) is 3.65. The predicted molar refractivity (Wildman–Crippen MR) is 92.4 cm³/mol. The quantitative estimate of drug-likeness (QED) is 0.673. The van der Waals surface area contributed by atoms with Crippen LogP contribution in [0.4, 0.5) is 5.69 Å². The molecule has 0 aliphatic carbocycles. The standard InChI is InChI=1S/C18H17N3O3/c1-2-24-15-5-3-4-13(17(19)22)16(15)21-18(23)12-6-7-14-11(10-12)8-9-20-14/h3-10,20H,2H2,1H3,(H2,19,22)(H,21,23). The highest BCUT2D eigenvalue weighted by Crippen LogP contribution is 2.29. The van der Waals surface area contributed by atoms with Crippen molar-refractivity contribution in [2.24, 2.45) is 5.73 Å². The van der Waals surface area contributed by atoms with E-state index in [1.54, 1.807) is 30.3 Å². The molecule has 6 nitrogen and oxygen atoms in total. The molecule has 1 heterocycles. The Bertz CT molecular complexity index is 915. The molecule has 0 radical (unpaired) electrons. The first kappa shape index (κ1) is 15.6. The van der Waals surface area contributed by atoms with Crippen LogP contribution in [0.2, 0.25) is 0 Å². The summed E-state index contributed by atoms with van der Waals surface area (Å²) in [6.45, 7) is 2.22. The van der Waals surface area contributed by atoms with Crippen molar-refractivity contribution in [2.45, 2.75) is 6.92 Å². The summed E-state index contributed by atoms with van der Waals surface area (Å²) in [6, 6.07) is 12.1. The Morgan fingerprint density at radius 3 is 2.79 bits per heavy atom. The number of nitrogens with two attached hydrogens (primary N) is 1. The number of primary amides is 1. The summed E-state index contributed by atoms with van der Waals surface area (Å²) in [7, 11) is 0. The van der Waals surface area contributed by atoms with E-state index in [9.17, 15) is 9.59 Å². The van der Waals surface area contributed by atoms with Gasteiger partial charge in [-0.2, -0.15) is 0 Å². The highest BCUT2D eigenvalue weighted by molar-refractivity contribution is 6.11. The van der Waals surface area contributed by atoms with E-state index in [0.717, 1.165) is 10.9 Å². The summed E-state index contributed by atoms with van der Waals surface area (Å²) >= 11 is 0. The fourth-order valence-corrected chi connectivity index (χ4v) is 2.52. The molecule has 2 amide bonds. The van der Waals surface area contributed by atoms with Crippen LogP contribution in [-0.2, 0) is 0 Å². The van der Waals surface area contributed by atoms with Crippen molar-refractivity contribution in [1.82, 2.24) is 4.98 Å². The van der Waals surface area contributed by atoms with Crippen molar-refractivity contribution in [3.63, 3.8) is 0 Å².